The van der Waals surface area contributed by atoms with Crippen LogP contribution in [0.4, 0.5) is 5.82 Å². The fourth-order valence-electron chi connectivity index (χ4n) is 2.23. The molecule has 0 aliphatic heterocycles. The lowest BCUT2D eigenvalue weighted by atomic mass is 9.91. The Morgan fingerprint density at radius 2 is 2.29 bits per heavy atom. The lowest BCUT2D eigenvalue weighted by molar-refractivity contribution is 0.398. The molecule has 3 heteroatoms. The molecule has 1 saturated carbocycles. The van der Waals surface area contributed by atoms with Crippen molar-refractivity contribution < 1.29 is 0 Å². The monoisotopic (exact) mass is 233 g/mol. The number of rotatable bonds is 6. The standard InChI is InChI=1S/C14H23N3/c1-3-9-15-11-12-6-5-10-16-14(12)17(2)13-7-4-8-13/h5-6,10,13,15H,3-4,7-9,11H2,1-2H3. The van der Waals surface area contributed by atoms with E-state index >= 15 is 0 Å². The van der Waals surface area contributed by atoms with Crippen LogP contribution < -0.4 is 10.2 Å². The highest BCUT2D eigenvalue weighted by molar-refractivity contribution is 5.47. The van der Waals surface area contributed by atoms with Crippen LogP contribution in [0.5, 0.6) is 0 Å². The molecule has 2 rings (SSSR count). The van der Waals surface area contributed by atoms with Crippen LogP contribution in [0.25, 0.3) is 0 Å². The first-order valence-corrected chi connectivity index (χ1v) is 6.70. The Balaban J connectivity index is 2.03. The van der Waals surface area contributed by atoms with Crippen LogP contribution in [-0.4, -0.2) is 24.6 Å². The van der Waals surface area contributed by atoms with Gasteiger partial charge in [0.2, 0.25) is 0 Å². The molecule has 17 heavy (non-hydrogen) atoms. The van der Waals surface area contributed by atoms with E-state index in [1.54, 1.807) is 0 Å². The van der Waals surface area contributed by atoms with Crippen LogP contribution in [0.1, 0.15) is 38.2 Å². The van der Waals surface area contributed by atoms with Gasteiger partial charge in [-0.2, -0.15) is 0 Å². The quantitative estimate of drug-likeness (QED) is 0.765. The summed E-state index contributed by atoms with van der Waals surface area (Å²) in [6.45, 7) is 4.19. The molecule has 1 aromatic heterocycles. The zero-order valence-corrected chi connectivity index (χ0v) is 10.9. The lowest BCUT2D eigenvalue weighted by Gasteiger charge is -2.36. The van der Waals surface area contributed by atoms with Crippen LogP contribution in [0.15, 0.2) is 18.3 Å². The Morgan fingerprint density at radius 3 is 2.94 bits per heavy atom. The number of hydrogen-bond acceptors (Lipinski definition) is 3. The molecule has 0 atom stereocenters. The van der Waals surface area contributed by atoms with Gasteiger partial charge in [-0.05, 0) is 38.3 Å². The second-order valence-electron chi connectivity index (χ2n) is 4.86. The van der Waals surface area contributed by atoms with Gasteiger partial charge in [-0.3, -0.25) is 0 Å². The molecule has 1 aliphatic rings. The van der Waals surface area contributed by atoms with Crippen LogP contribution in [-0.2, 0) is 6.54 Å². The Morgan fingerprint density at radius 1 is 1.47 bits per heavy atom. The summed E-state index contributed by atoms with van der Waals surface area (Å²) in [5, 5.41) is 3.45. The fourth-order valence-corrected chi connectivity index (χ4v) is 2.23. The maximum Gasteiger partial charge on any atom is 0.132 e. The third-order valence-corrected chi connectivity index (χ3v) is 3.57. The molecule has 1 aromatic rings. The highest BCUT2D eigenvalue weighted by Gasteiger charge is 2.24. The largest absolute Gasteiger partial charge is 0.356 e. The van der Waals surface area contributed by atoms with Gasteiger partial charge in [-0.1, -0.05) is 13.0 Å². The predicted molar refractivity (Wildman–Crippen MR) is 72.3 cm³/mol. The number of pyridine rings is 1. The van der Waals surface area contributed by atoms with E-state index in [-0.39, 0.29) is 0 Å². The molecule has 0 bridgehead atoms. The summed E-state index contributed by atoms with van der Waals surface area (Å²) in [6.07, 6.45) is 7.07. The molecule has 0 spiro atoms. The second-order valence-corrected chi connectivity index (χ2v) is 4.86. The number of anilines is 1. The minimum absolute atomic E-state index is 0.704. The molecule has 3 nitrogen and oxygen atoms in total. The number of aromatic nitrogens is 1. The third kappa shape index (κ3) is 2.97. The topological polar surface area (TPSA) is 28.2 Å². The molecule has 0 aromatic carbocycles. The summed E-state index contributed by atoms with van der Waals surface area (Å²) < 4.78 is 0. The average Bonchev–Trinajstić information content (AvgIpc) is 2.27. The van der Waals surface area contributed by atoms with Gasteiger partial charge < -0.3 is 10.2 Å². The molecule has 0 radical (unpaired) electrons. The van der Waals surface area contributed by atoms with Crippen LogP contribution in [0.3, 0.4) is 0 Å². The number of nitrogens with zero attached hydrogens (tertiary/aromatic N) is 2. The van der Waals surface area contributed by atoms with Crippen molar-refractivity contribution >= 4 is 5.82 Å². The number of hydrogen-bond donors (Lipinski definition) is 1. The Bertz CT molecular complexity index is 347. The third-order valence-electron chi connectivity index (χ3n) is 3.57. The Hall–Kier alpha value is -1.09. The van der Waals surface area contributed by atoms with E-state index in [2.05, 4.69) is 35.2 Å². The minimum Gasteiger partial charge on any atom is -0.356 e. The fraction of sp³-hybridized carbons (Fsp3) is 0.643. The predicted octanol–water partition coefficient (Wildman–Crippen LogP) is 2.57. The van der Waals surface area contributed by atoms with Gasteiger partial charge in [0.1, 0.15) is 5.82 Å². The number of nitrogens with one attached hydrogen (secondary N) is 1. The van der Waals surface area contributed by atoms with Crippen molar-refractivity contribution in [2.75, 3.05) is 18.5 Å². The molecule has 1 N–H and O–H groups in total. The molecular weight excluding hydrogens is 210 g/mol. The smallest absolute Gasteiger partial charge is 0.132 e. The SMILES string of the molecule is CCCNCc1cccnc1N(C)C1CCC1. The van der Waals surface area contributed by atoms with Gasteiger partial charge in [0, 0.05) is 31.4 Å². The molecule has 0 amide bonds. The van der Waals surface area contributed by atoms with E-state index in [1.165, 1.54) is 31.2 Å². The van der Waals surface area contributed by atoms with Crippen molar-refractivity contribution in [2.45, 2.75) is 45.2 Å². The van der Waals surface area contributed by atoms with Crippen molar-refractivity contribution in [1.29, 1.82) is 0 Å². The van der Waals surface area contributed by atoms with Crippen molar-refractivity contribution in [1.82, 2.24) is 10.3 Å². The second kappa shape index (κ2) is 6.01. The van der Waals surface area contributed by atoms with E-state index in [1.807, 2.05) is 12.3 Å². The molecule has 0 unspecified atom stereocenters. The normalized spacial score (nSPS) is 15.6. The Labute approximate surface area is 104 Å². The van der Waals surface area contributed by atoms with E-state index in [9.17, 15) is 0 Å². The summed E-state index contributed by atoms with van der Waals surface area (Å²) in [6, 6.07) is 4.91. The summed E-state index contributed by atoms with van der Waals surface area (Å²) in [5.41, 5.74) is 1.32. The lowest BCUT2D eigenvalue weighted by Crippen LogP contribution is -2.38. The first-order valence-electron chi connectivity index (χ1n) is 6.70. The molecule has 0 saturated heterocycles. The van der Waals surface area contributed by atoms with Crippen molar-refractivity contribution in [3.63, 3.8) is 0 Å². The van der Waals surface area contributed by atoms with Gasteiger partial charge in [-0.15, -0.1) is 0 Å². The molecule has 1 heterocycles. The van der Waals surface area contributed by atoms with E-state index in [0.717, 1.165) is 18.9 Å². The summed E-state index contributed by atoms with van der Waals surface area (Å²) >= 11 is 0. The highest BCUT2D eigenvalue weighted by atomic mass is 15.2. The van der Waals surface area contributed by atoms with Crippen LogP contribution in [0.2, 0.25) is 0 Å². The maximum atomic E-state index is 4.55. The summed E-state index contributed by atoms with van der Waals surface area (Å²) in [5.74, 6) is 1.15. The van der Waals surface area contributed by atoms with Gasteiger partial charge in [0.15, 0.2) is 0 Å². The molecule has 1 aliphatic carbocycles. The first kappa shape index (κ1) is 12.4. The molecule has 1 fully saturated rings. The van der Waals surface area contributed by atoms with Gasteiger partial charge in [0.25, 0.3) is 0 Å². The van der Waals surface area contributed by atoms with Gasteiger partial charge >= 0.3 is 0 Å². The van der Waals surface area contributed by atoms with Crippen LogP contribution >= 0.6 is 0 Å². The molecular formula is C14H23N3. The van der Waals surface area contributed by atoms with E-state index in [0.29, 0.717) is 6.04 Å². The van der Waals surface area contributed by atoms with Crippen molar-refractivity contribution in [3.05, 3.63) is 23.9 Å². The molecule has 94 valence electrons. The highest BCUT2D eigenvalue weighted by Crippen LogP contribution is 2.28. The van der Waals surface area contributed by atoms with E-state index < -0.39 is 0 Å². The maximum absolute atomic E-state index is 4.55. The zero-order chi connectivity index (χ0) is 12.1. The van der Waals surface area contributed by atoms with E-state index in [4.69, 9.17) is 0 Å². The summed E-state index contributed by atoms with van der Waals surface area (Å²) in [4.78, 5) is 6.90. The van der Waals surface area contributed by atoms with Gasteiger partial charge in [0.05, 0.1) is 0 Å². The first-order chi connectivity index (χ1) is 8.33. The summed E-state index contributed by atoms with van der Waals surface area (Å²) in [7, 11) is 2.18. The minimum atomic E-state index is 0.704. The van der Waals surface area contributed by atoms with Crippen LogP contribution in [0, 0.1) is 0 Å². The zero-order valence-electron chi connectivity index (χ0n) is 10.9. The van der Waals surface area contributed by atoms with Crippen molar-refractivity contribution in [3.8, 4) is 0 Å². The van der Waals surface area contributed by atoms with Crippen molar-refractivity contribution in [2.24, 2.45) is 0 Å². The Kier molecular flexibility index (Phi) is 4.37. The van der Waals surface area contributed by atoms with Gasteiger partial charge in [-0.25, -0.2) is 4.98 Å². The average molecular weight is 233 g/mol.